The van der Waals surface area contributed by atoms with Gasteiger partial charge in [-0.3, -0.25) is 9.89 Å². The Morgan fingerprint density at radius 2 is 1.67 bits per heavy atom. The number of hydrogen-bond donors (Lipinski definition) is 2. The number of halogens is 3. The van der Waals surface area contributed by atoms with Crippen molar-refractivity contribution in [2.45, 2.75) is 25.2 Å². The minimum absolute atomic E-state index is 0.0846. The van der Waals surface area contributed by atoms with Gasteiger partial charge in [-0.25, -0.2) is 0 Å². The van der Waals surface area contributed by atoms with E-state index in [-0.39, 0.29) is 17.8 Å². The van der Waals surface area contributed by atoms with Crippen LogP contribution < -0.4 is 20.5 Å². The first-order chi connectivity index (χ1) is 14.3. The molecule has 0 spiro atoms. The summed E-state index contributed by atoms with van der Waals surface area (Å²) in [6.45, 7) is 2.46. The van der Waals surface area contributed by atoms with Crippen molar-refractivity contribution in [3.63, 3.8) is 0 Å². The summed E-state index contributed by atoms with van der Waals surface area (Å²) in [7, 11) is 1.63. The van der Waals surface area contributed by atoms with Crippen molar-refractivity contribution in [3.05, 3.63) is 54.1 Å². The Hall–Kier alpha value is -2.94. The van der Waals surface area contributed by atoms with Crippen LogP contribution in [0.4, 0.5) is 18.9 Å². The average molecular weight is 422 g/mol. The molecule has 1 aliphatic heterocycles. The van der Waals surface area contributed by atoms with Gasteiger partial charge in [0.25, 0.3) is 0 Å². The third-order valence-electron chi connectivity index (χ3n) is 4.88. The summed E-state index contributed by atoms with van der Waals surface area (Å²) < 4.78 is 45.8. The maximum absolute atomic E-state index is 12.3. The lowest BCUT2D eigenvalue weighted by Crippen LogP contribution is -2.30. The summed E-state index contributed by atoms with van der Waals surface area (Å²) in [5.74, 6) is 0.691. The van der Waals surface area contributed by atoms with E-state index in [1.165, 1.54) is 24.3 Å². The molecule has 1 fully saturated rings. The number of benzene rings is 2. The highest BCUT2D eigenvalue weighted by atomic mass is 19.4. The van der Waals surface area contributed by atoms with Crippen molar-refractivity contribution in [1.29, 1.82) is 0 Å². The highest BCUT2D eigenvalue weighted by molar-refractivity contribution is 5.92. The first-order valence-corrected chi connectivity index (χ1v) is 9.65. The summed E-state index contributed by atoms with van der Waals surface area (Å²) >= 11 is 0. The first-order valence-electron chi connectivity index (χ1n) is 9.65. The minimum atomic E-state index is -4.72. The molecule has 3 rings (SSSR count). The lowest BCUT2D eigenvalue weighted by Gasteiger charge is -2.27. The Morgan fingerprint density at radius 1 is 1.07 bits per heavy atom. The van der Waals surface area contributed by atoms with Gasteiger partial charge in [0, 0.05) is 5.69 Å². The van der Waals surface area contributed by atoms with Crippen molar-refractivity contribution in [2.24, 2.45) is 10.7 Å². The molecule has 1 saturated heterocycles. The van der Waals surface area contributed by atoms with Crippen LogP contribution in [0.3, 0.4) is 0 Å². The molecule has 2 aromatic carbocycles. The van der Waals surface area contributed by atoms with Crippen molar-refractivity contribution in [2.75, 3.05) is 32.1 Å². The van der Waals surface area contributed by atoms with Gasteiger partial charge in [0.1, 0.15) is 11.5 Å². The van der Waals surface area contributed by atoms with E-state index in [0.29, 0.717) is 12.2 Å². The molecular formula is C21H25F3N4O2. The van der Waals surface area contributed by atoms with Crippen LogP contribution in [0, 0.1) is 0 Å². The molecule has 3 N–H and O–H groups in total. The monoisotopic (exact) mass is 422 g/mol. The normalized spacial score (nSPS) is 16.3. The zero-order valence-corrected chi connectivity index (χ0v) is 16.7. The van der Waals surface area contributed by atoms with Gasteiger partial charge in [0.15, 0.2) is 5.96 Å². The van der Waals surface area contributed by atoms with Gasteiger partial charge in [-0.2, -0.15) is 0 Å². The molecule has 0 radical (unpaired) electrons. The summed E-state index contributed by atoms with van der Waals surface area (Å²) in [6, 6.07) is 13.3. The second-order valence-corrected chi connectivity index (χ2v) is 6.96. The summed E-state index contributed by atoms with van der Waals surface area (Å²) in [5, 5.41) is 2.90. The molecule has 162 valence electrons. The number of methoxy groups -OCH3 is 1. The lowest BCUT2D eigenvalue weighted by molar-refractivity contribution is -0.274. The maximum Gasteiger partial charge on any atom is 0.573 e. The van der Waals surface area contributed by atoms with Crippen LogP contribution in [0.1, 0.15) is 24.4 Å². The molecule has 0 aromatic heterocycles. The third-order valence-corrected chi connectivity index (χ3v) is 4.88. The highest BCUT2D eigenvalue weighted by Gasteiger charge is 2.31. The quantitative estimate of drug-likeness (QED) is 0.518. The molecule has 0 saturated carbocycles. The first kappa shape index (κ1) is 21.8. The van der Waals surface area contributed by atoms with Gasteiger partial charge in [-0.15, -0.1) is 13.2 Å². The molecule has 0 bridgehead atoms. The number of guanidine groups is 1. The van der Waals surface area contributed by atoms with E-state index in [0.717, 1.165) is 37.2 Å². The Balaban J connectivity index is 1.65. The number of hydrogen-bond acceptors (Lipinski definition) is 4. The third kappa shape index (κ3) is 6.28. The van der Waals surface area contributed by atoms with Crippen LogP contribution in [-0.4, -0.2) is 44.0 Å². The van der Waals surface area contributed by atoms with Crippen molar-refractivity contribution in [1.82, 2.24) is 4.90 Å². The Morgan fingerprint density at radius 3 is 2.23 bits per heavy atom. The number of nitrogens with one attached hydrogen (secondary N) is 1. The fourth-order valence-corrected chi connectivity index (χ4v) is 3.42. The predicted molar refractivity (Wildman–Crippen MR) is 110 cm³/mol. The van der Waals surface area contributed by atoms with Gasteiger partial charge >= 0.3 is 6.36 Å². The van der Waals surface area contributed by atoms with E-state index in [4.69, 9.17) is 10.5 Å². The Labute approximate surface area is 173 Å². The van der Waals surface area contributed by atoms with E-state index < -0.39 is 6.36 Å². The lowest BCUT2D eigenvalue weighted by atomic mass is 10.1. The number of alkyl halides is 3. The zero-order valence-electron chi connectivity index (χ0n) is 16.7. The molecule has 1 aliphatic rings. The topological polar surface area (TPSA) is 72.1 Å². The molecule has 2 aromatic rings. The molecule has 1 heterocycles. The molecule has 30 heavy (non-hydrogen) atoms. The fourth-order valence-electron chi connectivity index (χ4n) is 3.42. The van der Waals surface area contributed by atoms with E-state index in [9.17, 15) is 13.2 Å². The molecular weight excluding hydrogens is 397 g/mol. The second-order valence-electron chi connectivity index (χ2n) is 6.96. The number of likely N-dealkylation sites (tertiary alicyclic amines) is 1. The largest absolute Gasteiger partial charge is 0.573 e. The summed E-state index contributed by atoms with van der Waals surface area (Å²) in [6.07, 6.45) is -2.42. The van der Waals surface area contributed by atoms with E-state index in [1.54, 1.807) is 7.11 Å². The fraction of sp³-hybridized carbons (Fsp3) is 0.381. The van der Waals surface area contributed by atoms with Gasteiger partial charge in [0.05, 0.1) is 19.7 Å². The zero-order chi connectivity index (χ0) is 21.6. The average Bonchev–Trinajstić information content (AvgIpc) is 3.23. The van der Waals surface area contributed by atoms with Gasteiger partial charge in [0.2, 0.25) is 0 Å². The van der Waals surface area contributed by atoms with Crippen LogP contribution in [0.2, 0.25) is 0 Å². The number of aliphatic imine (C=N–C) groups is 1. The molecule has 0 aliphatic carbocycles. The van der Waals surface area contributed by atoms with E-state index in [1.807, 2.05) is 24.3 Å². The number of rotatable bonds is 7. The van der Waals surface area contributed by atoms with E-state index >= 15 is 0 Å². The molecule has 1 unspecified atom stereocenters. The minimum Gasteiger partial charge on any atom is -0.497 e. The van der Waals surface area contributed by atoms with Crippen molar-refractivity contribution < 1.29 is 22.6 Å². The molecule has 9 heteroatoms. The molecule has 0 amide bonds. The summed E-state index contributed by atoms with van der Waals surface area (Å²) in [5.41, 5.74) is 7.65. The highest BCUT2D eigenvalue weighted by Crippen LogP contribution is 2.27. The van der Waals surface area contributed by atoms with Crippen LogP contribution in [0.15, 0.2) is 53.5 Å². The standard InChI is InChI=1S/C21H25F3N4O2/c1-29-17-8-4-15(5-9-17)19(28-12-2-3-13-28)14-26-20(25)27-16-6-10-18(11-7-16)30-21(22,23)24/h4-11,19H,2-3,12-14H2,1H3,(H3,25,26,27). The SMILES string of the molecule is COc1ccc(C(CN=C(N)Nc2ccc(OC(F)(F)F)cc2)N2CCCC2)cc1. The maximum atomic E-state index is 12.3. The number of anilines is 1. The number of ether oxygens (including phenoxy) is 2. The van der Waals surface area contributed by atoms with Crippen LogP contribution >= 0.6 is 0 Å². The van der Waals surface area contributed by atoms with Gasteiger partial charge in [-0.1, -0.05) is 12.1 Å². The summed E-state index contributed by atoms with van der Waals surface area (Å²) in [4.78, 5) is 6.84. The van der Waals surface area contributed by atoms with Gasteiger partial charge < -0.3 is 20.5 Å². The second kappa shape index (κ2) is 9.71. The predicted octanol–water partition coefficient (Wildman–Crippen LogP) is 4.16. The molecule has 6 nitrogen and oxygen atoms in total. The number of nitrogens with two attached hydrogens (primary N) is 1. The Bertz CT molecular complexity index is 833. The Kier molecular flexibility index (Phi) is 7.04. The smallest absolute Gasteiger partial charge is 0.497 e. The van der Waals surface area contributed by atoms with Crippen molar-refractivity contribution in [3.8, 4) is 11.5 Å². The van der Waals surface area contributed by atoms with E-state index in [2.05, 4.69) is 19.9 Å². The van der Waals surface area contributed by atoms with Crippen LogP contribution in [-0.2, 0) is 0 Å². The number of nitrogens with zero attached hydrogens (tertiary/aromatic N) is 2. The molecule has 1 atom stereocenters. The van der Waals surface area contributed by atoms with Crippen LogP contribution in [0.5, 0.6) is 11.5 Å². The van der Waals surface area contributed by atoms with Crippen LogP contribution in [0.25, 0.3) is 0 Å². The van der Waals surface area contributed by atoms with Gasteiger partial charge in [-0.05, 0) is 67.9 Å². The van der Waals surface area contributed by atoms with Crippen molar-refractivity contribution >= 4 is 11.6 Å².